The van der Waals surface area contributed by atoms with E-state index in [1.165, 1.54) is 0 Å². The van der Waals surface area contributed by atoms with E-state index in [2.05, 4.69) is 5.09 Å². The molecule has 82 valence electrons. The van der Waals surface area contributed by atoms with Gasteiger partial charge >= 0.3 is 7.05 Å². The lowest BCUT2D eigenvalue weighted by Crippen LogP contribution is -2.27. The molecule has 5 heteroatoms. The normalized spacial score (nSPS) is 10.9. The van der Waals surface area contributed by atoms with Crippen LogP contribution in [0.1, 0.15) is 0 Å². The van der Waals surface area contributed by atoms with Gasteiger partial charge in [-0.25, -0.2) is 0 Å². The SMILES string of the molecule is O=NB(O)c1ccc2oc3ccccc3c2c1. The average Bonchev–Trinajstić information content (AvgIpc) is 2.75. The first-order chi connectivity index (χ1) is 8.29. The maximum absolute atomic E-state index is 10.3. The highest BCUT2D eigenvalue weighted by molar-refractivity contribution is 6.64. The largest absolute Gasteiger partial charge is 0.517 e. The summed E-state index contributed by atoms with van der Waals surface area (Å²) in [7, 11) is -1.33. The highest BCUT2D eigenvalue weighted by Crippen LogP contribution is 2.27. The molecule has 17 heavy (non-hydrogen) atoms. The first-order valence-electron chi connectivity index (χ1n) is 5.21. The lowest BCUT2D eigenvalue weighted by molar-refractivity contribution is 0.587. The molecule has 0 spiro atoms. The summed E-state index contributed by atoms with van der Waals surface area (Å²) in [6.45, 7) is 0. The van der Waals surface area contributed by atoms with Gasteiger partial charge < -0.3 is 9.44 Å². The van der Waals surface area contributed by atoms with Crippen LogP contribution in [0.5, 0.6) is 0 Å². The summed E-state index contributed by atoms with van der Waals surface area (Å²) in [5.41, 5.74) is 1.99. The van der Waals surface area contributed by atoms with Crippen molar-refractivity contribution in [2.75, 3.05) is 0 Å². The molecular formula is C12H8BNO3. The van der Waals surface area contributed by atoms with Crippen LogP contribution in [0, 0.1) is 4.91 Å². The predicted octanol–water partition coefficient (Wildman–Crippen LogP) is 2.04. The smallest absolute Gasteiger partial charge is 0.456 e. The van der Waals surface area contributed by atoms with Crippen molar-refractivity contribution in [3.8, 4) is 0 Å². The van der Waals surface area contributed by atoms with E-state index < -0.39 is 7.05 Å². The molecule has 1 heterocycles. The number of para-hydroxylation sites is 1. The monoisotopic (exact) mass is 225 g/mol. The van der Waals surface area contributed by atoms with E-state index in [1.807, 2.05) is 24.3 Å². The van der Waals surface area contributed by atoms with Crippen LogP contribution in [0.3, 0.4) is 0 Å². The van der Waals surface area contributed by atoms with E-state index in [0.29, 0.717) is 5.46 Å². The van der Waals surface area contributed by atoms with Gasteiger partial charge in [-0.05, 0) is 17.6 Å². The molecule has 0 saturated carbocycles. The minimum atomic E-state index is -1.33. The van der Waals surface area contributed by atoms with E-state index in [0.717, 1.165) is 21.9 Å². The third-order valence-electron chi connectivity index (χ3n) is 2.80. The predicted molar refractivity (Wildman–Crippen MR) is 67.1 cm³/mol. The Labute approximate surface area is 97.0 Å². The van der Waals surface area contributed by atoms with Gasteiger partial charge in [0, 0.05) is 10.8 Å². The van der Waals surface area contributed by atoms with Gasteiger partial charge in [-0.1, -0.05) is 35.4 Å². The molecule has 3 rings (SSSR count). The fourth-order valence-corrected chi connectivity index (χ4v) is 1.97. The van der Waals surface area contributed by atoms with Crippen LogP contribution in [0.2, 0.25) is 0 Å². The zero-order valence-corrected chi connectivity index (χ0v) is 8.83. The maximum Gasteiger partial charge on any atom is 0.517 e. The Kier molecular flexibility index (Phi) is 2.19. The molecule has 3 aromatic rings. The Morgan fingerprint density at radius 2 is 1.82 bits per heavy atom. The fourth-order valence-electron chi connectivity index (χ4n) is 1.97. The molecule has 0 aliphatic rings. The molecule has 0 aliphatic heterocycles. The topological polar surface area (TPSA) is 62.8 Å². The van der Waals surface area contributed by atoms with Crippen LogP contribution < -0.4 is 5.46 Å². The first-order valence-corrected chi connectivity index (χ1v) is 5.21. The number of benzene rings is 2. The van der Waals surface area contributed by atoms with Crippen molar-refractivity contribution >= 4 is 34.5 Å². The molecule has 0 fully saturated rings. The van der Waals surface area contributed by atoms with Crippen molar-refractivity contribution in [1.82, 2.24) is 0 Å². The Morgan fingerprint density at radius 3 is 2.65 bits per heavy atom. The molecule has 0 saturated heterocycles. The van der Waals surface area contributed by atoms with Crippen LogP contribution in [0.15, 0.2) is 52.0 Å². The molecule has 0 amide bonds. The van der Waals surface area contributed by atoms with Gasteiger partial charge in [0.05, 0.1) is 0 Å². The summed E-state index contributed by atoms with van der Waals surface area (Å²) in [4.78, 5) is 10.3. The Hall–Kier alpha value is -2.14. The van der Waals surface area contributed by atoms with Crippen molar-refractivity contribution in [3.05, 3.63) is 47.4 Å². The van der Waals surface area contributed by atoms with E-state index in [-0.39, 0.29) is 0 Å². The van der Waals surface area contributed by atoms with Crippen molar-refractivity contribution < 1.29 is 9.44 Å². The van der Waals surface area contributed by atoms with Gasteiger partial charge in [-0.15, -0.1) is 0 Å². The van der Waals surface area contributed by atoms with Crippen molar-refractivity contribution in [2.24, 2.45) is 5.09 Å². The van der Waals surface area contributed by atoms with Gasteiger partial charge in [-0.2, -0.15) is 4.91 Å². The molecule has 1 aromatic heterocycles. The third kappa shape index (κ3) is 1.52. The lowest BCUT2D eigenvalue weighted by atomic mass is 9.75. The Bertz CT molecular complexity index is 707. The van der Waals surface area contributed by atoms with Gasteiger partial charge in [0.2, 0.25) is 0 Å². The van der Waals surface area contributed by atoms with Gasteiger partial charge in [0.15, 0.2) is 0 Å². The van der Waals surface area contributed by atoms with Gasteiger partial charge in [-0.3, -0.25) is 0 Å². The van der Waals surface area contributed by atoms with Crippen LogP contribution in [-0.2, 0) is 0 Å². The van der Waals surface area contributed by atoms with Crippen molar-refractivity contribution in [2.45, 2.75) is 0 Å². The van der Waals surface area contributed by atoms with E-state index >= 15 is 0 Å². The molecular weight excluding hydrogens is 217 g/mol. The summed E-state index contributed by atoms with van der Waals surface area (Å²) in [6.07, 6.45) is 0. The standard InChI is InChI=1S/C12H8BNO3/c15-13(14-16)8-5-6-12-10(7-8)9-3-1-2-4-11(9)17-12/h1-7,15H. The summed E-state index contributed by atoms with van der Waals surface area (Å²) in [5, 5.41) is 13.8. The molecule has 0 unspecified atom stereocenters. The number of nitrogens with zero attached hydrogens (tertiary/aromatic N) is 1. The van der Waals surface area contributed by atoms with E-state index in [1.54, 1.807) is 18.2 Å². The average molecular weight is 225 g/mol. The number of hydrogen-bond donors (Lipinski definition) is 1. The molecule has 4 nitrogen and oxygen atoms in total. The minimum absolute atomic E-state index is 0.471. The van der Waals surface area contributed by atoms with Gasteiger partial charge in [0.1, 0.15) is 11.2 Å². The molecule has 2 aromatic carbocycles. The number of fused-ring (bicyclic) bond motifs is 3. The van der Waals surface area contributed by atoms with Crippen LogP contribution in [-0.4, -0.2) is 12.1 Å². The number of nitroso groups, excluding NO2 is 1. The first kappa shape index (κ1) is 10.0. The lowest BCUT2D eigenvalue weighted by Gasteiger charge is -1.97. The third-order valence-corrected chi connectivity index (χ3v) is 2.80. The highest BCUT2D eigenvalue weighted by atomic mass is 16.3. The van der Waals surface area contributed by atoms with E-state index in [9.17, 15) is 9.93 Å². The Morgan fingerprint density at radius 1 is 1.06 bits per heavy atom. The fraction of sp³-hybridized carbons (Fsp3) is 0. The minimum Gasteiger partial charge on any atom is -0.456 e. The van der Waals surface area contributed by atoms with Gasteiger partial charge in [0.25, 0.3) is 0 Å². The molecule has 0 aliphatic carbocycles. The van der Waals surface area contributed by atoms with Crippen molar-refractivity contribution in [3.63, 3.8) is 0 Å². The second-order valence-corrected chi connectivity index (χ2v) is 3.83. The quantitative estimate of drug-likeness (QED) is 0.536. The highest BCUT2D eigenvalue weighted by Gasteiger charge is 2.17. The Balaban J connectivity index is 2.33. The van der Waals surface area contributed by atoms with Crippen LogP contribution in [0.4, 0.5) is 0 Å². The summed E-state index contributed by atoms with van der Waals surface area (Å²) in [5.74, 6) is 0. The number of furan rings is 1. The molecule has 0 bridgehead atoms. The number of hydrogen-bond acceptors (Lipinski definition) is 4. The maximum atomic E-state index is 10.3. The second-order valence-electron chi connectivity index (χ2n) is 3.83. The molecule has 1 N–H and O–H groups in total. The molecule has 0 radical (unpaired) electrons. The van der Waals surface area contributed by atoms with Crippen LogP contribution >= 0.6 is 0 Å². The zero-order valence-electron chi connectivity index (χ0n) is 8.83. The summed E-state index contributed by atoms with van der Waals surface area (Å²) >= 11 is 0. The van der Waals surface area contributed by atoms with Crippen molar-refractivity contribution in [1.29, 1.82) is 0 Å². The summed E-state index contributed by atoms with van der Waals surface area (Å²) in [6, 6.07) is 12.7. The second kappa shape index (κ2) is 3.71. The van der Waals surface area contributed by atoms with Crippen LogP contribution in [0.25, 0.3) is 21.9 Å². The summed E-state index contributed by atoms with van der Waals surface area (Å²) < 4.78 is 5.63. The van der Waals surface area contributed by atoms with E-state index in [4.69, 9.17) is 4.42 Å². The molecule has 0 atom stereocenters. The zero-order chi connectivity index (χ0) is 11.8. The number of rotatable bonds is 2.